The number of aliphatic hydroxyl groups is 1. The van der Waals surface area contributed by atoms with Crippen LogP contribution in [0.4, 0.5) is 5.82 Å². The predicted molar refractivity (Wildman–Crippen MR) is 75.8 cm³/mol. The molecule has 7 nitrogen and oxygen atoms in total. The van der Waals surface area contributed by atoms with Gasteiger partial charge in [0.2, 0.25) is 5.82 Å². The molecule has 20 heavy (non-hydrogen) atoms. The Balaban J connectivity index is 2.15. The largest absolute Gasteiger partial charge is 0.388 e. The molecule has 1 aromatic rings. The third-order valence-electron chi connectivity index (χ3n) is 3.97. The van der Waals surface area contributed by atoms with Crippen LogP contribution in [0.25, 0.3) is 0 Å². The van der Waals surface area contributed by atoms with Crippen molar-refractivity contribution in [2.75, 3.05) is 11.9 Å². The molecule has 7 heteroatoms. The standard InChI is InChI=1S/C13H22N4O3/c1-9-5-4-6-13(20,7-9)8-14-10-11(18)16(2)12(19)17(3)15-10/h9,20H,4-8H2,1-3H3,(H,14,15). The Morgan fingerprint density at radius 3 is 2.80 bits per heavy atom. The van der Waals surface area contributed by atoms with E-state index < -0.39 is 16.9 Å². The van der Waals surface area contributed by atoms with Gasteiger partial charge in [0.15, 0.2) is 0 Å². The second kappa shape index (κ2) is 5.40. The van der Waals surface area contributed by atoms with Crippen molar-refractivity contribution in [1.29, 1.82) is 0 Å². The van der Waals surface area contributed by atoms with E-state index in [0.717, 1.165) is 28.5 Å². The molecular formula is C13H22N4O3. The molecule has 1 aromatic heterocycles. The van der Waals surface area contributed by atoms with E-state index >= 15 is 0 Å². The molecule has 2 rings (SSSR count). The molecular weight excluding hydrogens is 260 g/mol. The number of nitrogens with one attached hydrogen (secondary N) is 1. The fraction of sp³-hybridized carbons (Fsp3) is 0.769. The molecule has 1 aliphatic carbocycles. The molecule has 1 saturated carbocycles. The normalized spacial score (nSPS) is 26.5. The molecule has 1 fully saturated rings. The van der Waals surface area contributed by atoms with Gasteiger partial charge >= 0.3 is 5.69 Å². The van der Waals surface area contributed by atoms with Crippen LogP contribution in [0.15, 0.2) is 9.59 Å². The van der Waals surface area contributed by atoms with Crippen molar-refractivity contribution in [3.63, 3.8) is 0 Å². The van der Waals surface area contributed by atoms with Gasteiger partial charge in [0.1, 0.15) is 0 Å². The number of hydrogen-bond acceptors (Lipinski definition) is 5. The van der Waals surface area contributed by atoms with Crippen LogP contribution in [-0.4, -0.2) is 31.6 Å². The summed E-state index contributed by atoms with van der Waals surface area (Å²) >= 11 is 0. The maximum absolute atomic E-state index is 11.9. The number of aryl methyl sites for hydroxylation is 1. The molecule has 1 aliphatic rings. The molecule has 2 atom stereocenters. The smallest absolute Gasteiger partial charge is 0.346 e. The summed E-state index contributed by atoms with van der Waals surface area (Å²) in [4.78, 5) is 23.5. The Bertz CT molecular complexity index is 607. The quantitative estimate of drug-likeness (QED) is 0.803. The Morgan fingerprint density at radius 1 is 1.45 bits per heavy atom. The molecule has 0 amide bonds. The van der Waals surface area contributed by atoms with Crippen molar-refractivity contribution in [3.8, 4) is 0 Å². The van der Waals surface area contributed by atoms with E-state index in [9.17, 15) is 14.7 Å². The number of aromatic nitrogens is 3. The van der Waals surface area contributed by atoms with Crippen molar-refractivity contribution in [2.45, 2.75) is 38.2 Å². The average Bonchev–Trinajstić information content (AvgIpc) is 2.39. The summed E-state index contributed by atoms with van der Waals surface area (Å²) in [6, 6.07) is 0. The van der Waals surface area contributed by atoms with Gasteiger partial charge in [-0.25, -0.2) is 9.48 Å². The van der Waals surface area contributed by atoms with E-state index in [0.29, 0.717) is 12.3 Å². The Labute approximate surface area is 117 Å². The highest BCUT2D eigenvalue weighted by Gasteiger charge is 2.32. The second-order valence-electron chi connectivity index (χ2n) is 5.90. The topological polar surface area (TPSA) is 89.2 Å². The van der Waals surface area contributed by atoms with Crippen LogP contribution in [-0.2, 0) is 14.1 Å². The monoisotopic (exact) mass is 282 g/mol. The molecule has 2 N–H and O–H groups in total. The van der Waals surface area contributed by atoms with Gasteiger partial charge in [0.05, 0.1) is 5.60 Å². The van der Waals surface area contributed by atoms with Gasteiger partial charge in [-0.1, -0.05) is 19.8 Å². The number of hydrogen-bond donors (Lipinski definition) is 2. The molecule has 1 heterocycles. The molecule has 112 valence electrons. The lowest BCUT2D eigenvalue weighted by atomic mass is 9.79. The summed E-state index contributed by atoms with van der Waals surface area (Å²) in [7, 11) is 2.90. The first-order valence-electron chi connectivity index (χ1n) is 6.93. The van der Waals surface area contributed by atoms with Crippen LogP contribution < -0.4 is 16.6 Å². The zero-order valence-corrected chi connectivity index (χ0v) is 12.2. The predicted octanol–water partition coefficient (Wildman–Crippen LogP) is -0.168. The lowest BCUT2D eigenvalue weighted by Crippen LogP contribution is -2.44. The molecule has 0 aromatic carbocycles. The van der Waals surface area contributed by atoms with Gasteiger partial charge in [-0.15, -0.1) is 5.10 Å². The Hall–Kier alpha value is -1.63. The highest BCUT2D eigenvalue weighted by Crippen LogP contribution is 2.31. The van der Waals surface area contributed by atoms with E-state index in [2.05, 4.69) is 17.3 Å². The van der Waals surface area contributed by atoms with E-state index in [1.54, 1.807) is 0 Å². The highest BCUT2D eigenvalue weighted by atomic mass is 16.3. The second-order valence-corrected chi connectivity index (χ2v) is 5.90. The van der Waals surface area contributed by atoms with Crippen LogP contribution in [0.2, 0.25) is 0 Å². The Kier molecular flexibility index (Phi) is 3.99. The lowest BCUT2D eigenvalue weighted by molar-refractivity contribution is -0.000883. The maximum Gasteiger partial charge on any atom is 0.346 e. The first-order chi connectivity index (χ1) is 9.32. The summed E-state index contributed by atoms with van der Waals surface area (Å²) in [5.74, 6) is 0.577. The molecule has 0 bridgehead atoms. The van der Waals surface area contributed by atoms with E-state index in [1.807, 2.05) is 0 Å². The third-order valence-corrected chi connectivity index (χ3v) is 3.97. The van der Waals surface area contributed by atoms with Gasteiger partial charge in [0, 0.05) is 20.6 Å². The molecule has 0 saturated heterocycles. The Morgan fingerprint density at radius 2 is 2.15 bits per heavy atom. The number of nitrogens with zero attached hydrogens (tertiary/aromatic N) is 3. The van der Waals surface area contributed by atoms with Crippen LogP contribution in [0, 0.1) is 5.92 Å². The first kappa shape index (κ1) is 14.8. The van der Waals surface area contributed by atoms with E-state index in [-0.39, 0.29) is 12.4 Å². The van der Waals surface area contributed by atoms with Crippen LogP contribution in [0.1, 0.15) is 32.6 Å². The number of anilines is 1. The number of rotatable bonds is 3. The van der Waals surface area contributed by atoms with Crippen molar-refractivity contribution in [2.24, 2.45) is 20.0 Å². The molecule has 2 unspecified atom stereocenters. The minimum Gasteiger partial charge on any atom is -0.388 e. The average molecular weight is 282 g/mol. The van der Waals surface area contributed by atoms with Crippen LogP contribution in [0.5, 0.6) is 0 Å². The van der Waals surface area contributed by atoms with Gasteiger partial charge in [-0.3, -0.25) is 9.36 Å². The summed E-state index contributed by atoms with van der Waals surface area (Å²) in [6.45, 7) is 2.39. The minimum atomic E-state index is -0.806. The van der Waals surface area contributed by atoms with Gasteiger partial charge in [-0.2, -0.15) is 0 Å². The molecule has 0 spiro atoms. The van der Waals surface area contributed by atoms with E-state index in [1.165, 1.54) is 14.1 Å². The van der Waals surface area contributed by atoms with Crippen molar-refractivity contribution in [1.82, 2.24) is 14.3 Å². The van der Waals surface area contributed by atoms with Gasteiger partial charge < -0.3 is 10.4 Å². The third kappa shape index (κ3) is 2.92. The minimum absolute atomic E-state index is 0.0984. The van der Waals surface area contributed by atoms with Crippen LogP contribution in [0.3, 0.4) is 0 Å². The first-order valence-corrected chi connectivity index (χ1v) is 6.93. The molecule has 0 aliphatic heterocycles. The fourth-order valence-corrected chi connectivity index (χ4v) is 2.85. The van der Waals surface area contributed by atoms with Crippen molar-refractivity contribution in [3.05, 3.63) is 20.8 Å². The zero-order chi connectivity index (χ0) is 14.9. The highest BCUT2D eigenvalue weighted by molar-refractivity contribution is 5.30. The lowest BCUT2D eigenvalue weighted by Gasteiger charge is -2.35. The van der Waals surface area contributed by atoms with Crippen molar-refractivity contribution < 1.29 is 5.11 Å². The summed E-state index contributed by atoms with van der Waals surface area (Å²) in [6.07, 6.45) is 3.54. The summed E-state index contributed by atoms with van der Waals surface area (Å²) < 4.78 is 2.11. The zero-order valence-electron chi connectivity index (χ0n) is 12.2. The van der Waals surface area contributed by atoms with E-state index in [4.69, 9.17) is 0 Å². The van der Waals surface area contributed by atoms with Crippen molar-refractivity contribution >= 4 is 5.82 Å². The van der Waals surface area contributed by atoms with Gasteiger partial charge in [-0.05, 0) is 18.8 Å². The van der Waals surface area contributed by atoms with Crippen LogP contribution >= 0.6 is 0 Å². The SMILES string of the molecule is CC1CCCC(O)(CNc2nn(C)c(=O)n(C)c2=O)C1. The molecule has 0 radical (unpaired) electrons. The maximum atomic E-state index is 11.9. The summed E-state index contributed by atoms with van der Waals surface area (Å²) in [5.41, 5.74) is -1.75. The summed E-state index contributed by atoms with van der Waals surface area (Å²) in [5, 5.41) is 17.3. The fourth-order valence-electron chi connectivity index (χ4n) is 2.85. The van der Waals surface area contributed by atoms with Gasteiger partial charge in [0.25, 0.3) is 5.56 Å².